The molecule has 0 saturated carbocycles. The molecule has 0 radical (unpaired) electrons. The molecule has 0 aromatic heterocycles. The van der Waals surface area contributed by atoms with Gasteiger partial charge in [-0.05, 0) is 55.5 Å². The van der Waals surface area contributed by atoms with Crippen molar-refractivity contribution in [3.8, 4) is 11.5 Å². The van der Waals surface area contributed by atoms with E-state index in [4.69, 9.17) is 16.3 Å². The predicted molar refractivity (Wildman–Crippen MR) is 139 cm³/mol. The minimum Gasteiger partial charge on any atom is -0.455 e. The summed E-state index contributed by atoms with van der Waals surface area (Å²) in [6.45, 7) is 1.38. The van der Waals surface area contributed by atoms with Crippen molar-refractivity contribution in [2.75, 3.05) is 16.2 Å². The van der Waals surface area contributed by atoms with Crippen molar-refractivity contribution >= 4 is 38.9 Å². The maximum absolute atomic E-state index is 13.6. The Balaban J connectivity index is 1.63. The lowest BCUT2D eigenvalue weighted by atomic mass is 10.2. The van der Waals surface area contributed by atoms with Crippen LogP contribution in [0.3, 0.4) is 0 Å². The van der Waals surface area contributed by atoms with Crippen molar-refractivity contribution in [2.24, 2.45) is 0 Å². The molecule has 0 atom stereocenters. The number of carbonyl (C=O) groups is 1. The van der Waals surface area contributed by atoms with Crippen LogP contribution in [0.1, 0.15) is 5.56 Å². The number of nitrogens with one attached hydrogen (secondary N) is 1. The van der Waals surface area contributed by atoms with E-state index in [9.17, 15) is 13.2 Å². The Morgan fingerprint density at radius 2 is 1.49 bits per heavy atom. The summed E-state index contributed by atoms with van der Waals surface area (Å²) in [7, 11) is -4.08. The van der Waals surface area contributed by atoms with Crippen LogP contribution in [0.5, 0.6) is 11.5 Å². The fraction of sp³-hybridized carbons (Fsp3) is 0.0741. The van der Waals surface area contributed by atoms with E-state index in [0.717, 1.165) is 9.87 Å². The number of halogens is 1. The first-order valence-corrected chi connectivity index (χ1v) is 12.6. The fourth-order valence-corrected chi connectivity index (χ4v) is 5.11. The normalized spacial score (nSPS) is 11.0. The molecule has 4 aromatic carbocycles. The van der Waals surface area contributed by atoms with Crippen LogP contribution in [-0.4, -0.2) is 20.9 Å². The number of amides is 1. The lowest BCUT2D eigenvalue weighted by Crippen LogP contribution is -2.38. The summed E-state index contributed by atoms with van der Waals surface area (Å²) in [5.74, 6) is 0.483. The third-order valence-corrected chi connectivity index (χ3v) is 7.24. The monoisotopic (exact) mass is 506 g/mol. The van der Waals surface area contributed by atoms with Gasteiger partial charge in [0.05, 0.1) is 21.3 Å². The van der Waals surface area contributed by atoms with E-state index in [2.05, 4.69) is 5.32 Å². The van der Waals surface area contributed by atoms with Crippen molar-refractivity contribution in [1.29, 1.82) is 0 Å². The van der Waals surface area contributed by atoms with Crippen LogP contribution < -0.4 is 14.4 Å². The van der Waals surface area contributed by atoms with Gasteiger partial charge in [0.1, 0.15) is 12.3 Å². The molecule has 0 fully saturated rings. The van der Waals surface area contributed by atoms with Crippen molar-refractivity contribution in [2.45, 2.75) is 11.8 Å². The summed E-state index contributed by atoms with van der Waals surface area (Å²) in [4.78, 5) is 13.2. The van der Waals surface area contributed by atoms with Crippen molar-refractivity contribution in [3.05, 3.63) is 114 Å². The molecule has 1 amide bonds. The summed E-state index contributed by atoms with van der Waals surface area (Å²) in [6, 6.07) is 29.0. The molecule has 0 aliphatic carbocycles. The number of hydrogen-bond donors (Lipinski definition) is 1. The second-order valence-electron chi connectivity index (χ2n) is 7.74. The molecule has 0 bridgehead atoms. The van der Waals surface area contributed by atoms with E-state index in [1.165, 1.54) is 12.1 Å². The maximum atomic E-state index is 13.6. The van der Waals surface area contributed by atoms with Crippen molar-refractivity contribution in [3.63, 3.8) is 0 Å². The zero-order valence-corrected chi connectivity index (χ0v) is 20.5. The number of anilines is 2. The zero-order chi connectivity index (χ0) is 24.8. The van der Waals surface area contributed by atoms with Crippen LogP contribution in [0.4, 0.5) is 11.4 Å². The Morgan fingerprint density at radius 3 is 2.20 bits per heavy atom. The van der Waals surface area contributed by atoms with Gasteiger partial charge in [-0.15, -0.1) is 0 Å². The van der Waals surface area contributed by atoms with E-state index in [0.29, 0.717) is 17.2 Å². The Hall–Kier alpha value is -3.81. The Bertz CT molecular complexity index is 1430. The number of benzene rings is 4. The van der Waals surface area contributed by atoms with Gasteiger partial charge >= 0.3 is 0 Å². The average molecular weight is 507 g/mol. The number of ether oxygens (including phenoxy) is 1. The zero-order valence-electron chi connectivity index (χ0n) is 18.9. The number of aryl methyl sites for hydroxylation is 1. The molecule has 178 valence electrons. The van der Waals surface area contributed by atoms with Crippen LogP contribution in [0, 0.1) is 6.92 Å². The second kappa shape index (κ2) is 10.6. The van der Waals surface area contributed by atoms with Crippen molar-refractivity contribution < 1.29 is 17.9 Å². The Kier molecular flexibility index (Phi) is 7.39. The quantitative estimate of drug-likeness (QED) is 0.305. The van der Waals surface area contributed by atoms with Gasteiger partial charge in [-0.1, -0.05) is 71.8 Å². The summed E-state index contributed by atoms with van der Waals surface area (Å²) in [5, 5.41) is 2.98. The molecular formula is C27H23ClN2O4S. The first-order chi connectivity index (χ1) is 16.8. The number of sulfonamides is 1. The highest BCUT2D eigenvalue weighted by Gasteiger charge is 2.29. The Labute approximate surface area is 209 Å². The molecule has 0 saturated heterocycles. The molecule has 35 heavy (non-hydrogen) atoms. The molecule has 1 N–H and O–H groups in total. The second-order valence-corrected chi connectivity index (χ2v) is 10.0. The van der Waals surface area contributed by atoms with Crippen LogP contribution in [-0.2, 0) is 14.8 Å². The summed E-state index contributed by atoms with van der Waals surface area (Å²) in [6.07, 6.45) is 0. The molecule has 4 rings (SSSR count). The van der Waals surface area contributed by atoms with Gasteiger partial charge in [0.25, 0.3) is 10.0 Å². The number of para-hydroxylation sites is 4. The molecule has 0 unspecified atom stereocenters. The lowest BCUT2D eigenvalue weighted by Gasteiger charge is -2.25. The van der Waals surface area contributed by atoms with Gasteiger partial charge in [-0.25, -0.2) is 8.42 Å². The van der Waals surface area contributed by atoms with Gasteiger partial charge < -0.3 is 10.1 Å². The maximum Gasteiger partial charge on any atom is 0.264 e. The highest BCUT2D eigenvalue weighted by atomic mass is 35.5. The van der Waals surface area contributed by atoms with Crippen LogP contribution in [0.25, 0.3) is 0 Å². The van der Waals surface area contributed by atoms with E-state index in [1.54, 1.807) is 72.8 Å². The van der Waals surface area contributed by atoms with E-state index >= 15 is 0 Å². The summed E-state index contributed by atoms with van der Waals surface area (Å²) < 4.78 is 34.0. The van der Waals surface area contributed by atoms with Gasteiger partial charge in [0, 0.05) is 0 Å². The van der Waals surface area contributed by atoms with Crippen LogP contribution >= 0.6 is 11.6 Å². The van der Waals surface area contributed by atoms with Gasteiger partial charge in [-0.3, -0.25) is 9.10 Å². The van der Waals surface area contributed by atoms with Crippen LogP contribution in [0.2, 0.25) is 5.02 Å². The Morgan fingerprint density at radius 1 is 0.857 bits per heavy atom. The van der Waals surface area contributed by atoms with E-state index < -0.39 is 22.5 Å². The molecule has 0 aliphatic rings. The molecule has 4 aromatic rings. The largest absolute Gasteiger partial charge is 0.455 e. The fourth-order valence-electron chi connectivity index (χ4n) is 3.39. The molecular weight excluding hydrogens is 484 g/mol. The first-order valence-electron chi connectivity index (χ1n) is 10.8. The van der Waals surface area contributed by atoms with Crippen LogP contribution in [0.15, 0.2) is 108 Å². The first kappa shape index (κ1) is 24.3. The topological polar surface area (TPSA) is 75.7 Å². The predicted octanol–water partition coefficient (Wildman–Crippen LogP) is 6.27. The smallest absolute Gasteiger partial charge is 0.264 e. The van der Waals surface area contributed by atoms with Crippen molar-refractivity contribution in [1.82, 2.24) is 0 Å². The third kappa shape index (κ3) is 5.82. The highest BCUT2D eigenvalue weighted by Crippen LogP contribution is 2.32. The third-order valence-electron chi connectivity index (χ3n) is 5.15. The number of nitrogens with zero attached hydrogens (tertiary/aromatic N) is 1. The van der Waals surface area contributed by atoms with E-state index in [1.807, 2.05) is 25.1 Å². The molecule has 0 heterocycles. The number of rotatable bonds is 8. The minimum atomic E-state index is -4.08. The van der Waals surface area contributed by atoms with Gasteiger partial charge in [0.15, 0.2) is 5.75 Å². The minimum absolute atomic E-state index is 0.0589. The van der Waals surface area contributed by atoms with Gasteiger partial charge in [-0.2, -0.15) is 0 Å². The summed E-state index contributed by atoms with van der Waals surface area (Å²) >= 11 is 6.34. The SMILES string of the molecule is Cc1ccc(S(=O)(=O)N(CC(=O)Nc2ccccc2Oc2ccccc2)c2ccccc2Cl)cc1. The number of hydrogen-bond acceptors (Lipinski definition) is 4. The molecule has 0 aliphatic heterocycles. The molecule has 8 heteroatoms. The average Bonchev–Trinajstić information content (AvgIpc) is 2.85. The highest BCUT2D eigenvalue weighted by molar-refractivity contribution is 7.92. The molecule has 0 spiro atoms. The van der Waals surface area contributed by atoms with Gasteiger partial charge in [0.2, 0.25) is 5.91 Å². The molecule has 6 nitrogen and oxygen atoms in total. The summed E-state index contributed by atoms with van der Waals surface area (Å²) in [5.41, 5.74) is 1.54. The lowest BCUT2D eigenvalue weighted by molar-refractivity contribution is -0.114. The van der Waals surface area contributed by atoms with E-state index in [-0.39, 0.29) is 15.6 Å². The standard InChI is InChI=1S/C27H23ClN2O4S/c1-20-15-17-22(18-16-20)35(32,33)30(25-13-7-5-11-23(25)28)19-27(31)29-24-12-6-8-14-26(24)34-21-9-3-2-4-10-21/h2-18H,19H2,1H3,(H,29,31). The number of carbonyl (C=O) groups excluding carboxylic acids is 1.